The van der Waals surface area contributed by atoms with Gasteiger partial charge in [-0.25, -0.2) is 0 Å². The van der Waals surface area contributed by atoms with Crippen molar-refractivity contribution in [2.24, 2.45) is 0 Å². The van der Waals surface area contributed by atoms with Gasteiger partial charge in [-0.15, -0.1) is 0 Å². The zero-order valence-electron chi connectivity index (χ0n) is 9.44. The molecule has 2 nitrogen and oxygen atoms in total. The highest BCUT2D eigenvalue weighted by atomic mass is 19.1. The Labute approximate surface area is 85.8 Å². The monoisotopic (exact) mass is 204 g/mol. The van der Waals surface area contributed by atoms with E-state index in [9.17, 15) is 9.18 Å². The molecule has 0 radical (unpaired) electrons. The second-order valence-corrected chi connectivity index (χ2v) is 4.44. The Bertz CT molecular complexity index is 161. The van der Waals surface area contributed by atoms with Crippen molar-refractivity contribution in [3.8, 4) is 0 Å². The molecular formula is C11H21FO2. The standard InChI is InChI=1S/C11H21FO2/c1-11(2,3)14-10(13)8-6-4-5-7-9-12/h4-9H2,1-3H3. The van der Waals surface area contributed by atoms with E-state index in [2.05, 4.69) is 0 Å². The first-order valence-corrected chi connectivity index (χ1v) is 5.23. The topological polar surface area (TPSA) is 26.3 Å². The van der Waals surface area contributed by atoms with Crippen LogP contribution in [-0.4, -0.2) is 18.2 Å². The van der Waals surface area contributed by atoms with Gasteiger partial charge in [-0.2, -0.15) is 0 Å². The zero-order chi connectivity index (χ0) is 11.0. The molecule has 0 rings (SSSR count). The fourth-order valence-electron chi connectivity index (χ4n) is 1.11. The van der Waals surface area contributed by atoms with Crippen LogP contribution in [0.5, 0.6) is 0 Å². The van der Waals surface area contributed by atoms with Gasteiger partial charge >= 0.3 is 5.97 Å². The Morgan fingerprint density at radius 1 is 1.14 bits per heavy atom. The van der Waals surface area contributed by atoms with E-state index in [-0.39, 0.29) is 12.6 Å². The second-order valence-electron chi connectivity index (χ2n) is 4.44. The molecule has 0 aromatic carbocycles. The average Bonchev–Trinajstić information content (AvgIpc) is 2.00. The number of alkyl halides is 1. The molecule has 0 heterocycles. The molecule has 0 aromatic heterocycles. The Kier molecular flexibility index (Phi) is 6.50. The third-order valence-corrected chi connectivity index (χ3v) is 1.68. The van der Waals surface area contributed by atoms with Gasteiger partial charge < -0.3 is 4.74 Å². The molecule has 3 heteroatoms. The van der Waals surface area contributed by atoms with E-state index in [1.165, 1.54) is 0 Å². The van der Waals surface area contributed by atoms with Gasteiger partial charge in [0.25, 0.3) is 0 Å². The van der Waals surface area contributed by atoms with Gasteiger partial charge in [0.2, 0.25) is 0 Å². The van der Waals surface area contributed by atoms with E-state index in [4.69, 9.17) is 4.74 Å². The maximum absolute atomic E-state index is 11.7. The Morgan fingerprint density at radius 3 is 2.21 bits per heavy atom. The molecule has 0 unspecified atom stereocenters. The minimum absolute atomic E-state index is 0.155. The first-order chi connectivity index (χ1) is 6.45. The summed E-state index contributed by atoms with van der Waals surface area (Å²) in [6, 6.07) is 0. The van der Waals surface area contributed by atoms with Crippen LogP contribution in [0.25, 0.3) is 0 Å². The van der Waals surface area contributed by atoms with E-state index in [0.29, 0.717) is 12.8 Å². The molecule has 0 fully saturated rings. The summed E-state index contributed by atoms with van der Waals surface area (Å²) in [6.07, 6.45) is 3.62. The van der Waals surface area contributed by atoms with E-state index in [0.717, 1.165) is 19.3 Å². The molecule has 0 aliphatic carbocycles. The predicted molar refractivity (Wildman–Crippen MR) is 54.9 cm³/mol. The highest BCUT2D eigenvalue weighted by molar-refractivity contribution is 5.69. The number of carbonyl (C=O) groups excluding carboxylic acids is 1. The van der Waals surface area contributed by atoms with Crippen LogP contribution in [0.4, 0.5) is 4.39 Å². The number of carbonyl (C=O) groups is 1. The van der Waals surface area contributed by atoms with E-state index in [1.54, 1.807) is 0 Å². The van der Waals surface area contributed by atoms with Crippen LogP contribution in [0.15, 0.2) is 0 Å². The van der Waals surface area contributed by atoms with Crippen LogP contribution in [0.1, 0.15) is 52.9 Å². The molecular weight excluding hydrogens is 183 g/mol. The van der Waals surface area contributed by atoms with Gasteiger partial charge in [0.15, 0.2) is 0 Å². The minimum atomic E-state index is -0.393. The molecule has 0 aliphatic heterocycles. The Balaban J connectivity index is 3.36. The number of hydrogen-bond acceptors (Lipinski definition) is 2. The molecule has 0 aromatic rings. The molecule has 0 amide bonds. The van der Waals surface area contributed by atoms with Gasteiger partial charge in [0, 0.05) is 6.42 Å². The number of ether oxygens (including phenoxy) is 1. The van der Waals surface area contributed by atoms with Crippen molar-refractivity contribution in [1.29, 1.82) is 0 Å². The largest absolute Gasteiger partial charge is 0.460 e. The van der Waals surface area contributed by atoms with Crippen molar-refractivity contribution < 1.29 is 13.9 Å². The second kappa shape index (κ2) is 6.80. The van der Waals surface area contributed by atoms with Crippen LogP contribution < -0.4 is 0 Å². The number of halogens is 1. The van der Waals surface area contributed by atoms with Gasteiger partial charge in [0.05, 0.1) is 6.67 Å². The van der Waals surface area contributed by atoms with Crippen LogP contribution in [-0.2, 0) is 9.53 Å². The SMILES string of the molecule is CC(C)(C)OC(=O)CCCCCCF. The molecule has 0 aliphatic rings. The molecule has 0 spiro atoms. The highest BCUT2D eigenvalue weighted by Gasteiger charge is 2.15. The fraction of sp³-hybridized carbons (Fsp3) is 0.909. The van der Waals surface area contributed by atoms with Crippen LogP contribution >= 0.6 is 0 Å². The van der Waals surface area contributed by atoms with Gasteiger partial charge in [-0.05, 0) is 33.6 Å². The summed E-state index contributed by atoms with van der Waals surface area (Å²) in [4.78, 5) is 11.2. The number of rotatable bonds is 6. The van der Waals surface area contributed by atoms with E-state index >= 15 is 0 Å². The van der Waals surface area contributed by atoms with Crippen LogP contribution in [0.2, 0.25) is 0 Å². The summed E-state index contributed by atoms with van der Waals surface area (Å²) in [5.74, 6) is -0.155. The van der Waals surface area contributed by atoms with Crippen LogP contribution in [0.3, 0.4) is 0 Å². The number of hydrogen-bond donors (Lipinski definition) is 0. The Hall–Kier alpha value is -0.600. The molecule has 0 atom stereocenters. The van der Waals surface area contributed by atoms with Crippen molar-refractivity contribution in [3.05, 3.63) is 0 Å². The lowest BCUT2D eigenvalue weighted by molar-refractivity contribution is -0.154. The summed E-state index contributed by atoms with van der Waals surface area (Å²) >= 11 is 0. The maximum Gasteiger partial charge on any atom is 0.306 e. The van der Waals surface area contributed by atoms with E-state index < -0.39 is 5.60 Å². The normalized spacial score (nSPS) is 11.4. The first-order valence-electron chi connectivity index (χ1n) is 5.23. The summed E-state index contributed by atoms with van der Waals surface area (Å²) in [5.41, 5.74) is -0.393. The average molecular weight is 204 g/mol. The minimum Gasteiger partial charge on any atom is -0.460 e. The molecule has 0 N–H and O–H groups in total. The van der Waals surface area contributed by atoms with Crippen molar-refractivity contribution >= 4 is 5.97 Å². The van der Waals surface area contributed by atoms with Crippen LogP contribution in [0, 0.1) is 0 Å². The van der Waals surface area contributed by atoms with Crippen molar-refractivity contribution in [3.63, 3.8) is 0 Å². The van der Waals surface area contributed by atoms with Gasteiger partial charge in [-0.1, -0.05) is 12.8 Å². The van der Waals surface area contributed by atoms with Crippen molar-refractivity contribution in [1.82, 2.24) is 0 Å². The maximum atomic E-state index is 11.7. The highest BCUT2D eigenvalue weighted by Crippen LogP contribution is 2.10. The van der Waals surface area contributed by atoms with E-state index in [1.807, 2.05) is 20.8 Å². The molecule has 84 valence electrons. The van der Waals surface area contributed by atoms with Crippen molar-refractivity contribution in [2.75, 3.05) is 6.67 Å². The Morgan fingerprint density at radius 2 is 1.71 bits per heavy atom. The molecule has 0 saturated heterocycles. The molecule has 0 bridgehead atoms. The number of unbranched alkanes of at least 4 members (excludes halogenated alkanes) is 3. The summed E-state index contributed by atoms with van der Waals surface area (Å²) in [7, 11) is 0. The third kappa shape index (κ3) is 9.49. The van der Waals surface area contributed by atoms with Gasteiger partial charge in [0.1, 0.15) is 5.60 Å². The summed E-state index contributed by atoms with van der Waals surface area (Å²) in [5, 5.41) is 0. The lowest BCUT2D eigenvalue weighted by atomic mass is 10.1. The lowest BCUT2D eigenvalue weighted by Crippen LogP contribution is -2.23. The van der Waals surface area contributed by atoms with Gasteiger partial charge in [-0.3, -0.25) is 9.18 Å². The fourth-order valence-corrected chi connectivity index (χ4v) is 1.11. The predicted octanol–water partition coefficient (Wildman–Crippen LogP) is 3.25. The lowest BCUT2D eigenvalue weighted by Gasteiger charge is -2.19. The summed E-state index contributed by atoms with van der Waals surface area (Å²) < 4.78 is 16.8. The molecule has 14 heavy (non-hydrogen) atoms. The number of esters is 1. The summed E-state index contributed by atoms with van der Waals surface area (Å²) in [6.45, 7) is 5.31. The zero-order valence-corrected chi connectivity index (χ0v) is 9.44. The quantitative estimate of drug-likeness (QED) is 0.490. The smallest absolute Gasteiger partial charge is 0.306 e. The third-order valence-electron chi connectivity index (χ3n) is 1.68. The molecule has 0 saturated carbocycles. The van der Waals surface area contributed by atoms with Crippen molar-refractivity contribution in [2.45, 2.75) is 58.5 Å². The first kappa shape index (κ1) is 13.4.